The summed E-state index contributed by atoms with van der Waals surface area (Å²) in [6, 6.07) is 7.50. The van der Waals surface area contributed by atoms with Crippen molar-refractivity contribution in [2.45, 2.75) is 127 Å². The molecule has 2 aromatic rings. The average molecular weight is 533 g/mol. The van der Waals surface area contributed by atoms with Gasteiger partial charge >= 0.3 is 0 Å². The Kier molecular flexibility index (Phi) is 14.6. The first-order chi connectivity index (χ1) is 17.4. The Morgan fingerprint density at radius 1 is 0.750 bits per heavy atom. The highest BCUT2D eigenvalue weighted by Crippen LogP contribution is 2.44. The molecule has 0 aliphatic carbocycles. The maximum absolute atomic E-state index is 10.7. The monoisotopic (exact) mass is 532 g/mol. The van der Waals surface area contributed by atoms with Gasteiger partial charge < -0.3 is 10.0 Å². The number of thioether (sulfide) groups is 2. The standard InChI is InChI=1S/C29H48N4OS2/c1-6-8-10-12-14-18-22-35-26-27(33(29(3,4)5)24-20-16-17-21-25(24)34)30-32-31-28(26)36-23-19-15-13-11-9-7-2/h16-17,20-21,34H,6-15,18-19,22-23H2,1-5H3. The van der Waals surface area contributed by atoms with Crippen LogP contribution < -0.4 is 4.90 Å². The Bertz CT molecular complexity index is 873. The van der Waals surface area contributed by atoms with Gasteiger partial charge in [0.25, 0.3) is 0 Å². The first kappa shape index (κ1) is 30.8. The summed E-state index contributed by atoms with van der Waals surface area (Å²) < 4.78 is 0. The van der Waals surface area contributed by atoms with Crippen LogP contribution in [0.5, 0.6) is 5.75 Å². The summed E-state index contributed by atoms with van der Waals surface area (Å²) in [6.07, 6.45) is 15.4. The molecule has 202 valence electrons. The molecule has 0 atom stereocenters. The number of nitrogens with zero attached hydrogens (tertiary/aromatic N) is 4. The maximum atomic E-state index is 10.7. The minimum absolute atomic E-state index is 0.249. The smallest absolute Gasteiger partial charge is 0.174 e. The molecular formula is C29H48N4OS2. The summed E-state index contributed by atoms with van der Waals surface area (Å²) in [7, 11) is 0. The zero-order valence-corrected chi connectivity index (χ0v) is 24.9. The molecule has 0 bridgehead atoms. The number of rotatable bonds is 18. The first-order valence-corrected chi connectivity index (χ1v) is 15.9. The van der Waals surface area contributed by atoms with Crippen LogP contribution in [0.15, 0.2) is 34.2 Å². The number of hydrogen-bond acceptors (Lipinski definition) is 7. The van der Waals surface area contributed by atoms with Crippen LogP contribution in [-0.2, 0) is 0 Å². The average Bonchev–Trinajstić information content (AvgIpc) is 2.84. The zero-order valence-electron chi connectivity index (χ0n) is 23.3. The third-order valence-electron chi connectivity index (χ3n) is 6.16. The molecule has 0 saturated carbocycles. The topological polar surface area (TPSA) is 62.1 Å². The molecule has 0 aliphatic rings. The van der Waals surface area contributed by atoms with Gasteiger partial charge in [-0.2, -0.15) is 0 Å². The minimum atomic E-state index is -0.300. The van der Waals surface area contributed by atoms with Crippen molar-refractivity contribution in [2.24, 2.45) is 0 Å². The van der Waals surface area contributed by atoms with Gasteiger partial charge in [0.1, 0.15) is 10.8 Å². The summed E-state index contributed by atoms with van der Waals surface area (Å²) in [5.41, 5.74) is 0.449. The molecular weight excluding hydrogens is 484 g/mol. The molecule has 1 N–H and O–H groups in total. The van der Waals surface area contributed by atoms with Gasteiger partial charge in [-0.05, 0) is 62.5 Å². The lowest BCUT2D eigenvalue weighted by molar-refractivity contribution is 0.465. The molecule has 0 aliphatic heterocycles. The predicted octanol–water partition coefficient (Wildman–Crippen LogP) is 9.42. The number of phenolic OH excluding ortho intramolecular Hbond substituents is 1. The van der Waals surface area contributed by atoms with Crippen LogP contribution in [0.4, 0.5) is 11.5 Å². The number of anilines is 2. The van der Waals surface area contributed by atoms with E-state index in [-0.39, 0.29) is 11.3 Å². The minimum Gasteiger partial charge on any atom is -0.506 e. The molecule has 0 spiro atoms. The number of unbranched alkanes of at least 4 members (excludes halogenated alkanes) is 10. The summed E-state index contributed by atoms with van der Waals surface area (Å²) in [4.78, 5) is 3.21. The Balaban J connectivity index is 2.23. The fraction of sp³-hybridized carbons (Fsp3) is 0.690. The van der Waals surface area contributed by atoms with Crippen molar-refractivity contribution in [1.82, 2.24) is 15.4 Å². The van der Waals surface area contributed by atoms with Crippen LogP contribution in [0.3, 0.4) is 0 Å². The van der Waals surface area contributed by atoms with E-state index in [1.165, 1.54) is 77.0 Å². The molecule has 0 amide bonds. The van der Waals surface area contributed by atoms with Gasteiger partial charge in [-0.15, -0.1) is 33.7 Å². The van der Waals surface area contributed by atoms with E-state index in [0.717, 1.165) is 32.9 Å². The molecule has 1 aromatic carbocycles. The van der Waals surface area contributed by atoms with Crippen molar-refractivity contribution in [3.63, 3.8) is 0 Å². The fourth-order valence-electron chi connectivity index (χ4n) is 4.21. The van der Waals surface area contributed by atoms with Crippen molar-refractivity contribution in [3.8, 4) is 5.75 Å². The summed E-state index contributed by atoms with van der Waals surface area (Å²) in [5, 5.41) is 24.9. The normalized spacial score (nSPS) is 11.7. The summed E-state index contributed by atoms with van der Waals surface area (Å²) in [5.74, 6) is 3.12. The van der Waals surface area contributed by atoms with Crippen molar-refractivity contribution in [1.29, 1.82) is 0 Å². The van der Waals surface area contributed by atoms with Crippen molar-refractivity contribution < 1.29 is 5.11 Å². The summed E-state index contributed by atoms with van der Waals surface area (Å²) in [6.45, 7) is 11.0. The van der Waals surface area contributed by atoms with Gasteiger partial charge in [-0.1, -0.05) is 90.2 Å². The number of phenols is 1. The van der Waals surface area contributed by atoms with Crippen LogP contribution in [0.1, 0.15) is 112 Å². The first-order valence-electron chi connectivity index (χ1n) is 14.0. The third kappa shape index (κ3) is 10.5. The maximum Gasteiger partial charge on any atom is 0.174 e. The van der Waals surface area contributed by atoms with E-state index in [0.29, 0.717) is 0 Å². The van der Waals surface area contributed by atoms with Gasteiger partial charge in [-0.3, -0.25) is 0 Å². The van der Waals surface area contributed by atoms with Crippen LogP contribution in [0.2, 0.25) is 0 Å². The molecule has 1 aromatic heterocycles. The largest absolute Gasteiger partial charge is 0.506 e. The Hall–Kier alpha value is -1.47. The highest BCUT2D eigenvalue weighted by Gasteiger charge is 2.31. The van der Waals surface area contributed by atoms with Gasteiger partial charge in [-0.25, -0.2) is 0 Å². The molecule has 1 heterocycles. The molecule has 0 saturated heterocycles. The van der Waals surface area contributed by atoms with Crippen LogP contribution in [-0.4, -0.2) is 37.6 Å². The quantitative estimate of drug-likeness (QED) is 0.151. The number of para-hydroxylation sites is 2. The second-order valence-corrected chi connectivity index (χ2v) is 12.7. The van der Waals surface area contributed by atoms with Crippen molar-refractivity contribution in [3.05, 3.63) is 24.3 Å². The second-order valence-electron chi connectivity index (χ2n) is 10.5. The van der Waals surface area contributed by atoms with E-state index in [1.807, 2.05) is 30.0 Å². The number of hydrogen-bond donors (Lipinski definition) is 1. The zero-order chi connectivity index (χ0) is 26.2. The van der Waals surface area contributed by atoms with E-state index in [1.54, 1.807) is 17.8 Å². The van der Waals surface area contributed by atoms with Gasteiger partial charge in [0.05, 0.1) is 10.6 Å². The van der Waals surface area contributed by atoms with Gasteiger partial charge in [0.2, 0.25) is 0 Å². The van der Waals surface area contributed by atoms with Crippen molar-refractivity contribution in [2.75, 3.05) is 16.4 Å². The highest BCUT2D eigenvalue weighted by atomic mass is 32.2. The lowest BCUT2D eigenvalue weighted by Crippen LogP contribution is -2.39. The van der Waals surface area contributed by atoms with Gasteiger partial charge in [0, 0.05) is 5.54 Å². The lowest BCUT2D eigenvalue weighted by atomic mass is 10.0. The highest BCUT2D eigenvalue weighted by molar-refractivity contribution is 8.02. The Morgan fingerprint density at radius 2 is 1.31 bits per heavy atom. The fourth-order valence-corrected chi connectivity index (χ4v) is 6.40. The van der Waals surface area contributed by atoms with Crippen molar-refractivity contribution >= 4 is 35.0 Å². The number of aromatic nitrogens is 3. The van der Waals surface area contributed by atoms with Crippen LogP contribution >= 0.6 is 23.5 Å². The molecule has 7 heteroatoms. The molecule has 0 fully saturated rings. The second kappa shape index (κ2) is 17.1. The van der Waals surface area contributed by atoms with E-state index in [9.17, 15) is 5.11 Å². The number of benzene rings is 1. The van der Waals surface area contributed by atoms with Crippen LogP contribution in [0, 0.1) is 0 Å². The molecule has 0 radical (unpaired) electrons. The van der Waals surface area contributed by atoms with Gasteiger partial charge in [0.15, 0.2) is 5.82 Å². The van der Waals surface area contributed by atoms with E-state index in [4.69, 9.17) is 0 Å². The van der Waals surface area contributed by atoms with E-state index in [2.05, 4.69) is 54.9 Å². The molecule has 0 unspecified atom stereocenters. The molecule has 36 heavy (non-hydrogen) atoms. The Labute approximate surface area is 228 Å². The summed E-state index contributed by atoms with van der Waals surface area (Å²) >= 11 is 3.65. The SMILES string of the molecule is CCCCCCCCSc1nnnc(N(c2ccccc2O)C(C)(C)C)c1SCCCCCCCC. The van der Waals surface area contributed by atoms with E-state index < -0.39 is 0 Å². The third-order valence-corrected chi connectivity index (χ3v) is 8.50. The lowest BCUT2D eigenvalue weighted by Gasteiger charge is -2.37. The van der Waals surface area contributed by atoms with E-state index >= 15 is 0 Å². The Morgan fingerprint density at radius 3 is 1.89 bits per heavy atom. The number of aromatic hydroxyl groups is 1. The molecule has 5 nitrogen and oxygen atoms in total. The predicted molar refractivity (Wildman–Crippen MR) is 158 cm³/mol. The molecule has 2 rings (SSSR count). The van der Waals surface area contributed by atoms with Crippen LogP contribution in [0.25, 0.3) is 0 Å².